The van der Waals surface area contributed by atoms with Crippen LogP contribution in [-0.2, 0) is 21.4 Å². The number of alkyl carbamates (subject to hydrolysis) is 1. The van der Waals surface area contributed by atoms with Gasteiger partial charge in [0, 0.05) is 11.9 Å². The van der Waals surface area contributed by atoms with Crippen LogP contribution in [0.15, 0.2) is 66.7 Å². The SMILES string of the molecule is COC(=O)NCC(=O)N1CCCC1c1nc2ccc(-c3ccc(-c4ccc(O)c5ccccc45)c4c3C3(CCCC3)CC4)cc2[nH]1. The van der Waals surface area contributed by atoms with E-state index in [1.54, 1.807) is 4.90 Å². The average molecular weight is 615 g/mol. The van der Waals surface area contributed by atoms with Crippen molar-refractivity contribution in [2.45, 2.75) is 62.8 Å². The molecule has 2 fully saturated rings. The zero-order valence-electron chi connectivity index (χ0n) is 26.1. The van der Waals surface area contributed by atoms with Gasteiger partial charge >= 0.3 is 6.09 Å². The number of nitrogens with zero attached hydrogens (tertiary/aromatic N) is 2. The highest BCUT2D eigenvalue weighted by Crippen LogP contribution is 2.55. The second-order valence-electron chi connectivity index (χ2n) is 13.1. The number of aromatic amines is 1. The molecule has 8 heteroatoms. The fourth-order valence-electron chi connectivity index (χ4n) is 8.59. The number of ether oxygens (including phenoxy) is 1. The quantitative estimate of drug-likeness (QED) is 0.190. The number of aromatic hydroxyl groups is 1. The van der Waals surface area contributed by atoms with Crippen LogP contribution >= 0.6 is 0 Å². The maximum Gasteiger partial charge on any atom is 0.407 e. The van der Waals surface area contributed by atoms with Crippen LogP contribution in [0.2, 0.25) is 0 Å². The fraction of sp³-hybridized carbons (Fsp3) is 0.342. The summed E-state index contributed by atoms with van der Waals surface area (Å²) in [6.45, 7) is 0.530. The first kappa shape index (κ1) is 28.6. The van der Waals surface area contributed by atoms with Crippen LogP contribution in [-0.4, -0.2) is 52.2 Å². The number of phenols is 1. The van der Waals surface area contributed by atoms with Gasteiger partial charge in [0.15, 0.2) is 0 Å². The first-order valence-electron chi connectivity index (χ1n) is 16.4. The minimum Gasteiger partial charge on any atom is -0.507 e. The molecule has 46 heavy (non-hydrogen) atoms. The van der Waals surface area contributed by atoms with Crippen molar-refractivity contribution in [2.75, 3.05) is 20.2 Å². The van der Waals surface area contributed by atoms with E-state index in [4.69, 9.17) is 4.98 Å². The van der Waals surface area contributed by atoms with Crippen molar-refractivity contribution < 1.29 is 19.4 Å². The Bertz CT molecular complexity index is 2010. The van der Waals surface area contributed by atoms with Gasteiger partial charge in [-0.15, -0.1) is 0 Å². The average Bonchev–Trinajstić information content (AvgIpc) is 3.90. The summed E-state index contributed by atoms with van der Waals surface area (Å²) >= 11 is 0. The van der Waals surface area contributed by atoms with Gasteiger partial charge in [-0.2, -0.15) is 0 Å². The lowest BCUT2D eigenvalue weighted by molar-refractivity contribution is -0.131. The number of carbonyl (C=O) groups excluding carboxylic acids is 2. The molecule has 1 saturated heterocycles. The van der Waals surface area contributed by atoms with Crippen LogP contribution in [0.1, 0.15) is 67.9 Å². The monoisotopic (exact) mass is 614 g/mol. The van der Waals surface area contributed by atoms with Crippen LogP contribution in [0.25, 0.3) is 44.1 Å². The number of rotatable bonds is 5. The molecule has 3 N–H and O–H groups in total. The highest BCUT2D eigenvalue weighted by atomic mass is 16.5. The van der Waals surface area contributed by atoms with Crippen molar-refractivity contribution in [3.63, 3.8) is 0 Å². The summed E-state index contributed by atoms with van der Waals surface area (Å²) in [5.74, 6) is 0.950. The van der Waals surface area contributed by atoms with Crippen molar-refractivity contribution in [3.05, 3.63) is 83.7 Å². The number of likely N-dealkylation sites (tertiary alicyclic amines) is 1. The summed E-state index contributed by atoms with van der Waals surface area (Å²) in [6.07, 6.45) is 8.29. The molecule has 2 amide bonds. The smallest absolute Gasteiger partial charge is 0.407 e. The second kappa shape index (κ2) is 11.2. The van der Waals surface area contributed by atoms with E-state index in [1.165, 1.54) is 72.6 Å². The van der Waals surface area contributed by atoms with Crippen molar-refractivity contribution in [2.24, 2.45) is 0 Å². The number of fused-ring (bicyclic) bond motifs is 4. The first-order chi connectivity index (χ1) is 22.5. The zero-order chi connectivity index (χ0) is 31.4. The van der Waals surface area contributed by atoms with Gasteiger partial charge in [0.25, 0.3) is 0 Å². The van der Waals surface area contributed by atoms with Crippen molar-refractivity contribution in [1.82, 2.24) is 20.2 Å². The van der Waals surface area contributed by atoms with Gasteiger partial charge in [-0.1, -0.05) is 61.4 Å². The van der Waals surface area contributed by atoms with Crippen molar-refractivity contribution >= 4 is 33.8 Å². The molecule has 2 heterocycles. The van der Waals surface area contributed by atoms with Crippen LogP contribution in [0, 0.1) is 0 Å². The number of aromatic nitrogens is 2. The third-order valence-corrected chi connectivity index (χ3v) is 10.7. The molecule has 5 aromatic rings. The Kier molecular flexibility index (Phi) is 6.96. The Morgan fingerprint density at radius 1 is 0.978 bits per heavy atom. The highest BCUT2D eigenvalue weighted by Gasteiger charge is 2.43. The van der Waals surface area contributed by atoms with E-state index in [2.05, 4.69) is 57.5 Å². The van der Waals surface area contributed by atoms with E-state index in [1.807, 2.05) is 24.3 Å². The number of methoxy groups -OCH3 is 1. The Labute approximate surface area is 267 Å². The van der Waals surface area contributed by atoms with E-state index in [0.29, 0.717) is 12.3 Å². The van der Waals surface area contributed by atoms with Gasteiger partial charge in [-0.3, -0.25) is 4.79 Å². The summed E-state index contributed by atoms with van der Waals surface area (Å²) in [5, 5.41) is 15.1. The molecule has 234 valence electrons. The first-order valence-corrected chi connectivity index (χ1v) is 16.4. The molecule has 1 unspecified atom stereocenters. The van der Waals surface area contributed by atoms with Gasteiger partial charge in [-0.25, -0.2) is 9.78 Å². The summed E-state index contributed by atoms with van der Waals surface area (Å²) in [6, 6.07) is 23.0. The van der Waals surface area contributed by atoms with Gasteiger partial charge in [0.1, 0.15) is 18.1 Å². The van der Waals surface area contributed by atoms with Crippen LogP contribution in [0.3, 0.4) is 0 Å². The molecule has 1 aliphatic heterocycles. The van der Waals surface area contributed by atoms with E-state index in [0.717, 1.165) is 46.9 Å². The number of nitrogens with one attached hydrogen (secondary N) is 2. The summed E-state index contributed by atoms with van der Waals surface area (Å²) in [5.41, 5.74) is 9.91. The molecular weight excluding hydrogens is 576 g/mol. The fourth-order valence-corrected chi connectivity index (χ4v) is 8.59. The van der Waals surface area contributed by atoms with E-state index in [9.17, 15) is 14.7 Å². The molecule has 4 aromatic carbocycles. The highest BCUT2D eigenvalue weighted by molar-refractivity contribution is 6.01. The standard InChI is InChI=1S/C38H38N4O4/c1-46-37(45)39-22-34(44)42-20-6-9-32(42)36-40-30-14-10-23(21-31(30)41-36)24-11-12-27(29-16-19-38(35(24)29)17-4-5-18-38)26-13-15-33(43)28-8-3-2-7-25(26)28/h2-3,7-8,10-15,21,32,43H,4-6,9,16-20,22H2,1H3,(H,39,45)(H,40,41). The Hall–Kier alpha value is -4.85. The molecule has 0 radical (unpaired) electrons. The molecule has 8 rings (SSSR count). The van der Waals surface area contributed by atoms with E-state index >= 15 is 0 Å². The Morgan fingerprint density at radius 3 is 2.59 bits per heavy atom. The van der Waals surface area contributed by atoms with E-state index in [-0.39, 0.29) is 23.9 Å². The summed E-state index contributed by atoms with van der Waals surface area (Å²) in [7, 11) is 1.29. The molecule has 1 saturated carbocycles. The van der Waals surface area contributed by atoms with Crippen molar-refractivity contribution in [1.29, 1.82) is 0 Å². The van der Waals surface area contributed by atoms with Crippen molar-refractivity contribution in [3.8, 4) is 28.0 Å². The molecule has 0 bridgehead atoms. The van der Waals surface area contributed by atoms with E-state index < -0.39 is 6.09 Å². The molecule has 1 atom stereocenters. The van der Waals surface area contributed by atoms with Crippen LogP contribution in [0.4, 0.5) is 4.79 Å². The number of benzene rings is 4. The Morgan fingerprint density at radius 2 is 1.76 bits per heavy atom. The zero-order valence-corrected chi connectivity index (χ0v) is 26.1. The molecule has 1 aromatic heterocycles. The van der Waals surface area contributed by atoms with Gasteiger partial charge in [0.2, 0.25) is 5.91 Å². The predicted octanol–water partition coefficient (Wildman–Crippen LogP) is 7.53. The van der Waals surface area contributed by atoms with Crippen LogP contribution in [0.5, 0.6) is 5.75 Å². The van der Waals surface area contributed by atoms with Gasteiger partial charge in [0.05, 0.1) is 24.2 Å². The predicted molar refractivity (Wildman–Crippen MR) is 179 cm³/mol. The third kappa shape index (κ3) is 4.61. The second-order valence-corrected chi connectivity index (χ2v) is 13.1. The van der Waals surface area contributed by atoms with Gasteiger partial charge < -0.3 is 25.0 Å². The maximum absolute atomic E-state index is 13.0. The lowest BCUT2D eigenvalue weighted by atomic mass is 9.76. The molecule has 2 aliphatic carbocycles. The Balaban J connectivity index is 1.19. The topological polar surface area (TPSA) is 108 Å². The number of phenolic OH excluding ortho intramolecular Hbond substituents is 1. The third-order valence-electron chi connectivity index (χ3n) is 10.7. The number of H-pyrrole nitrogens is 1. The lowest BCUT2D eigenvalue weighted by Crippen LogP contribution is -2.40. The molecular formula is C38H38N4O4. The number of imidazole rings is 1. The molecule has 3 aliphatic rings. The number of hydrogen-bond donors (Lipinski definition) is 3. The summed E-state index contributed by atoms with van der Waals surface area (Å²) in [4.78, 5) is 34.8. The minimum atomic E-state index is -0.615. The normalized spacial score (nSPS) is 18.5. The van der Waals surface area contributed by atoms with Gasteiger partial charge in [-0.05, 0) is 101 Å². The van der Waals surface area contributed by atoms with Crippen LogP contribution < -0.4 is 5.32 Å². The molecule has 8 nitrogen and oxygen atoms in total. The number of amides is 2. The molecule has 1 spiro atoms. The lowest BCUT2D eigenvalue weighted by Gasteiger charge is -2.28. The maximum atomic E-state index is 13.0. The number of carbonyl (C=O) groups is 2. The number of hydrogen-bond acceptors (Lipinski definition) is 5. The summed E-state index contributed by atoms with van der Waals surface area (Å²) < 4.78 is 4.62. The largest absolute Gasteiger partial charge is 0.507 e. The minimum absolute atomic E-state index is 0.101.